The Hall–Kier alpha value is -4.40. The standard InChI is InChI=1S/C22H17FN2O4.C5H11FN4O2.C2H6/c1-9-10-3-2-4-11-13-7-25-17(19(13)24-16(18(10)11)6-15(9)23)5-12-14(21(25)27)8-29-22(28)20(12)26;6-4(3(7)5(8)12)10(9)1-2-11;1-2/h5-6,20,26H,2-4,7-8H2,1H3;11H,1-2,7,9H2,(H2,8,12);1-2H3/b;4-3-;. The number of benzene rings is 1. The van der Waals surface area contributed by atoms with Gasteiger partial charge in [-0.1, -0.05) is 13.8 Å². The first-order valence-electron chi connectivity index (χ1n) is 13.8. The topological polar surface area (TPSA) is 200 Å². The van der Waals surface area contributed by atoms with Crippen LogP contribution in [-0.4, -0.2) is 49.8 Å². The minimum absolute atomic E-state index is 0.141. The van der Waals surface area contributed by atoms with E-state index in [2.05, 4.69) is 5.73 Å². The highest BCUT2D eigenvalue weighted by atomic mass is 19.1. The molecule has 2 aromatic heterocycles. The highest BCUT2D eigenvalue weighted by Gasteiger charge is 2.35. The maximum absolute atomic E-state index is 14.5. The summed E-state index contributed by atoms with van der Waals surface area (Å²) in [6, 6.07) is 3.13. The highest BCUT2D eigenvalue weighted by Crippen LogP contribution is 2.42. The molecule has 0 spiro atoms. The number of halogens is 2. The zero-order valence-corrected chi connectivity index (χ0v) is 24.0. The minimum Gasteiger partial charge on any atom is -0.458 e. The molecule has 4 heterocycles. The molecule has 6 rings (SSSR count). The number of carbonyl (C=O) groups is 2. The predicted molar refractivity (Wildman–Crippen MR) is 153 cm³/mol. The molecule has 14 heteroatoms. The lowest BCUT2D eigenvalue weighted by molar-refractivity contribution is -0.157. The fourth-order valence-electron chi connectivity index (χ4n) is 5.53. The van der Waals surface area contributed by atoms with Gasteiger partial charge in [-0.25, -0.2) is 20.0 Å². The van der Waals surface area contributed by atoms with Gasteiger partial charge in [0.1, 0.15) is 12.4 Å². The monoisotopic (exact) mass is 600 g/mol. The zero-order chi connectivity index (χ0) is 31.7. The van der Waals surface area contributed by atoms with Crippen LogP contribution in [0.4, 0.5) is 8.78 Å². The number of aliphatic hydroxyl groups excluding tert-OH is 2. The Morgan fingerprint density at radius 2 is 1.84 bits per heavy atom. The Morgan fingerprint density at radius 1 is 1.16 bits per heavy atom. The number of pyridine rings is 2. The molecule has 0 radical (unpaired) electrons. The molecule has 3 aromatic rings. The molecule has 1 aliphatic carbocycles. The second kappa shape index (κ2) is 12.5. The van der Waals surface area contributed by atoms with Gasteiger partial charge < -0.3 is 31.0 Å². The maximum atomic E-state index is 14.5. The van der Waals surface area contributed by atoms with E-state index in [1.54, 1.807) is 17.6 Å². The number of rotatable bonds is 4. The van der Waals surface area contributed by atoms with E-state index in [-0.39, 0.29) is 36.7 Å². The van der Waals surface area contributed by atoms with E-state index >= 15 is 0 Å². The van der Waals surface area contributed by atoms with Crippen LogP contribution < -0.4 is 22.9 Å². The molecule has 1 unspecified atom stereocenters. The van der Waals surface area contributed by atoms with Crippen LogP contribution in [0.15, 0.2) is 28.6 Å². The van der Waals surface area contributed by atoms with Gasteiger partial charge in [0.2, 0.25) is 5.95 Å². The number of aliphatic hydroxyl groups is 2. The molecular formula is C29H34F2N6O6. The van der Waals surface area contributed by atoms with E-state index in [1.165, 1.54) is 6.07 Å². The van der Waals surface area contributed by atoms with Crippen molar-refractivity contribution in [2.45, 2.75) is 59.3 Å². The van der Waals surface area contributed by atoms with Gasteiger partial charge in [-0.2, -0.15) is 4.39 Å². The molecule has 0 fully saturated rings. The smallest absolute Gasteiger partial charge is 0.340 e. The predicted octanol–water partition coefficient (Wildman–Crippen LogP) is 1.21. The number of amides is 1. The number of nitrogens with zero attached hydrogens (tertiary/aromatic N) is 3. The molecule has 0 saturated heterocycles. The fraction of sp³-hybridized carbons (Fsp3) is 0.379. The summed E-state index contributed by atoms with van der Waals surface area (Å²) in [4.78, 5) is 39.9. The van der Waals surface area contributed by atoms with Crippen LogP contribution in [0.1, 0.15) is 59.8 Å². The van der Waals surface area contributed by atoms with Crippen LogP contribution in [0, 0.1) is 12.7 Å². The van der Waals surface area contributed by atoms with Gasteiger partial charge in [-0.05, 0) is 48.9 Å². The van der Waals surface area contributed by atoms with Crippen LogP contribution in [-0.2, 0) is 40.3 Å². The molecule has 1 atom stereocenters. The third-order valence-electron chi connectivity index (χ3n) is 7.62. The molecule has 43 heavy (non-hydrogen) atoms. The van der Waals surface area contributed by atoms with E-state index in [4.69, 9.17) is 26.4 Å². The number of cyclic esters (lactones) is 1. The Kier molecular flexibility index (Phi) is 9.13. The van der Waals surface area contributed by atoms with Gasteiger partial charge in [0.15, 0.2) is 11.8 Å². The van der Waals surface area contributed by atoms with Crippen molar-refractivity contribution in [3.63, 3.8) is 0 Å². The van der Waals surface area contributed by atoms with Crippen LogP contribution >= 0.6 is 0 Å². The second-order valence-corrected chi connectivity index (χ2v) is 9.98. The largest absolute Gasteiger partial charge is 0.458 e. The molecule has 1 amide bonds. The van der Waals surface area contributed by atoms with Gasteiger partial charge in [0.25, 0.3) is 11.5 Å². The normalized spacial score (nSPS) is 16.4. The number of fused-ring (bicyclic) bond motifs is 5. The Labute approximate surface area is 245 Å². The number of carbonyl (C=O) groups excluding carboxylic acids is 2. The van der Waals surface area contributed by atoms with Crippen molar-refractivity contribution < 1.29 is 33.3 Å². The van der Waals surface area contributed by atoms with Crippen molar-refractivity contribution in [2.24, 2.45) is 17.3 Å². The number of aryl methyl sites for hydroxylation is 2. The van der Waals surface area contributed by atoms with Crippen LogP contribution in [0.5, 0.6) is 0 Å². The first-order chi connectivity index (χ1) is 20.5. The fourth-order valence-corrected chi connectivity index (χ4v) is 5.53. The quantitative estimate of drug-likeness (QED) is 0.0746. The van der Waals surface area contributed by atoms with E-state index in [9.17, 15) is 28.3 Å². The van der Waals surface area contributed by atoms with Gasteiger partial charge in [0, 0.05) is 22.6 Å². The molecule has 12 nitrogen and oxygen atoms in total. The Balaban J connectivity index is 0.000000258. The number of primary amides is 1. The number of aromatic nitrogens is 2. The van der Waals surface area contributed by atoms with Crippen molar-refractivity contribution in [1.82, 2.24) is 14.6 Å². The van der Waals surface area contributed by atoms with E-state index in [1.807, 2.05) is 13.8 Å². The van der Waals surface area contributed by atoms with Crippen LogP contribution in [0.25, 0.3) is 22.3 Å². The van der Waals surface area contributed by atoms with Crippen molar-refractivity contribution in [1.29, 1.82) is 0 Å². The summed E-state index contributed by atoms with van der Waals surface area (Å²) in [5.74, 6) is 1.75. The lowest BCUT2D eigenvalue weighted by atomic mass is 9.85. The van der Waals surface area contributed by atoms with E-state index < -0.39 is 29.6 Å². The van der Waals surface area contributed by atoms with Crippen molar-refractivity contribution in [2.75, 3.05) is 13.2 Å². The molecule has 0 bridgehead atoms. The van der Waals surface area contributed by atoms with Crippen LogP contribution in [0.2, 0.25) is 0 Å². The molecule has 0 saturated carbocycles. The number of hydrogen-bond donors (Lipinski definition) is 5. The van der Waals surface area contributed by atoms with Gasteiger partial charge in [-0.15, -0.1) is 0 Å². The summed E-state index contributed by atoms with van der Waals surface area (Å²) in [5, 5.41) is 20.1. The summed E-state index contributed by atoms with van der Waals surface area (Å²) in [6.45, 7) is 5.53. The molecule has 3 aliphatic rings. The molecule has 2 aliphatic heterocycles. The van der Waals surface area contributed by atoms with Crippen molar-refractivity contribution in [3.8, 4) is 11.4 Å². The van der Waals surface area contributed by atoms with Gasteiger partial charge >= 0.3 is 5.97 Å². The van der Waals surface area contributed by atoms with Gasteiger partial charge in [0.05, 0.1) is 42.2 Å². The SMILES string of the molecule is CC.Cc1c(F)cc2nc3c(c4c2c1CCC4)Cn1c-3cc2c(c1=O)COC(=O)C2O.NC(=O)/C(N)=C(\F)N(N)CCO. The van der Waals surface area contributed by atoms with Crippen molar-refractivity contribution >= 4 is 22.8 Å². The third-order valence-corrected chi connectivity index (χ3v) is 7.62. The molecule has 8 N–H and O–H groups in total. The average molecular weight is 601 g/mol. The third kappa shape index (κ3) is 5.44. The molecule has 230 valence electrons. The Morgan fingerprint density at radius 3 is 2.49 bits per heavy atom. The minimum atomic E-state index is -1.48. The summed E-state index contributed by atoms with van der Waals surface area (Å²) < 4.78 is 33.8. The Bertz CT molecular complexity index is 1720. The summed E-state index contributed by atoms with van der Waals surface area (Å²) in [6.07, 6.45) is 1.12. The zero-order valence-electron chi connectivity index (χ0n) is 24.0. The number of ether oxygens (including phenoxy) is 1. The maximum Gasteiger partial charge on any atom is 0.340 e. The summed E-state index contributed by atoms with van der Waals surface area (Å²) >= 11 is 0. The number of esters is 1. The average Bonchev–Trinajstić information content (AvgIpc) is 3.37. The summed E-state index contributed by atoms with van der Waals surface area (Å²) in [7, 11) is 0. The van der Waals surface area contributed by atoms with Crippen LogP contribution in [0.3, 0.4) is 0 Å². The van der Waals surface area contributed by atoms with E-state index in [0.29, 0.717) is 39.6 Å². The second-order valence-electron chi connectivity index (χ2n) is 9.98. The lowest BCUT2D eigenvalue weighted by Gasteiger charge is -2.22. The first kappa shape index (κ1) is 31.5. The summed E-state index contributed by atoms with van der Waals surface area (Å²) in [5.41, 5.74) is 14.7. The number of nitrogens with two attached hydrogens (primary N) is 3. The highest BCUT2D eigenvalue weighted by molar-refractivity contribution is 5.92. The van der Waals surface area contributed by atoms with Gasteiger partial charge in [-0.3, -0.25) is 14.6 Å². The molecule has 1 aromatic carbocycles. The molecular weight excluding hydrogens is 566 g/mol. The number of hydrogen-bond acceptors (Lipinski definition) is 10. The van der Waals surface area contributed by atoms with Crippen molar-refractivity contribution in [3.05, 3.63) is 73.3 Å². The van der Waals surface area contributed by atoms with E-state index in [0.717, 1.165) is 41.3 Å². The lowest BCUT2D eigenvalue weighted by Crippen LogP contribution is -2.35. The number of hydrazine groups is 1. The first-order valence-corrected chi connectivity index (χ1v) is 13.8.